The van der Waals surface area contributed by atoms with Gasteiger partial charge in [0.15, 0.2) is 0 Å². The van der Waals surface area contributed by atoms with Crippen molar-refractivity contribution in [2.75, 3.05) is 19.6 Å². The van der Waals surface area contributed by atoms with Crippen LogP contribution in [-0.4, -0.2) is 30.6 Å². The fourth-order valence-electron chi connectivity index (χ4n) is 1.81. The number of hydrogen-bond donors (Lipinski definition) is 3. The van der Waals surface area contributed by atoms with Crippen LogP contribution in [0.3, 0.4) is 0 Å². The van der Waals surface area contributed by atoms with Crippen LogP contribution in [0.2, 0.25) is 0 Å². The lowest BCUT2D eigenvalue weighted by Crippen LogP contribution is -2.27. The molecule has 0 radical (unpaired) electrons. The molecule has 0 saturated carbocycles. The van der Waals surface area contributed by atoms with Gasteiger partial charge in [-0.05, 0) is 30.5 Å². The standard InChI is InChI=1S/C15H24N2O2/c1-3-13-5-7-14(8-6-13)15(19)11-16-9-4-10-17-12(2)18/h5-8,15-16,19H,3-4,9-11H2,1-2H3,(H,17,18). The van der Waals surface area contributed by atoms with Gasteiger partial charge in [0.05, 0.1) is 6.10 Å². The van der Waals surface area contributed by atoms with Crippen molar-refractivity contribution in [1.82, 2.24) is 10.6 Å². The first kappa shape index (κ1) is 15.7. The molecule has 106 valence electrons. The number of nitrogens with one attached hydrogen (secondary N) is 2. The summed E-state index contributed by atoms with van der Waals surface area (Å²) < 4.78 is 0. The van der Waals surface area contributed by atoms with E-state index in [0.29, 0.717) is 13.1 Å². The van der Waals surface area contributed by atoms with Gasteiger partial charge in [-0.2, -0.15) is 0 Å². The lowest BCUT2D eigenvalue weighted by molar-refractivity contribution is -0.118. The molecule has 0 fully saturated rings. The van der Waals surface area contributed by atoms with Crippen molar-refractivity contribution >= 4 is 5.91 Å². The van der Waals surface area contributed by atoms with Crippen molar-refractivity contribution in [3.63, 3.8) is 0 Å². The number of aliphatic hydroxyl groups is 1. The first-order valence-corrected chi connectivity index (χ1v) is 6.85. The van der Waals surface area contributed by atoms with Gasteiger partial charge in [-0.15, -0.1) is 0 Å². The maximum Gasteiger partial charge on any atom is 0.216 e. The molecule has 4 heteroatoms. The topological polar surface area (TPSA) is 61.4 Å². The summed E-state index contributed by atoms with van der Waals surface area (Å²) in [5.74, 6) is -0.00366. The lowest BCUT2D eigenvalue weighted by atomic mass is 10.1. The molecule has 0 spiro atoms. The van der Waals surface area contributed by atoms with E-state index in [2.05, 4.69) is 29.7 Å². The predicted octanol–water partition coefficient (Wildman–Crippen LogP) is 1.40. The molecule has 4 nitrogen and oxygen atoms in total. The molecular weight excluding hydrogens is 240 g/mol. The van der Waals surface area contributed by atoms with Crippen molar-refractivity contribution in [1.29, 1.82) is 0 Å². The molecule has 1 amide bonds. The second-order valence-electron chi connectivity index (χ2n) is 4.65. The Hall–Kier alpha value is -1.39. The fraction of sp³-hybridized carbons (Fsp3) is 0.533. The number of aliphatic hydroxyl groups excluding tert-OH is 1. The first-order chi connectivity index (χ1) is 9.13. The van der Waals surface area contributed by atoms with E-state index in [0.717, 1.165) is 24.9 Å². The molecule has 0 aliphatic heterocycles. The Bertz CT molecular complexity index is 376. The minimum absolute atomic E-state index is 0.00366. The highest BCUT2D eigenvalue weighted by atomic mass is 16.3. The SMILES string of the molecule is CCc1ccc(C(O)CNCCCNC(C)=O)cc1. The summed E-state index contributed by atoms with van der Waals surface area (Å²) in [5.41, 5.74) is 2.21. The van der Waals surface area contributed by atoms with Gasteiger partial charge in [-0.1, -0.05) is 31.2 Å². The second kappa shape index (κ2) is 8.67. The van der Waals surface area contributed by atoms with Crippen LogP contribution in [0, 0.1) is 0 Å². The van der Waals surface area contributed by atoms with Gasteiger partial charge in [0.25, 0.3) is 0 Å². The Morgan fingerprint density at radius 2 is 1.95 bits per heavy atom. The van der Waals surface area contributed by atoms with E-state index >= 15 is 0 Å². The van der Waals surface area contributed by atoms with Crippen LogP contribution >= 0.6 is 0 Å². The minimum atomic E-state index is -0.480. The van der Waals surface area contributed by atoms with Gasteiger partial charge in [0, 0.05) is 20.0 Å². The van der Waals surface area contributed by atoms with E-state index in [1.54, 1.807) is 0 Å². The van der Waals surface area contributed by atoms with Crippen LogP contribution in [0.25, 0.3) is 0 Å². The van der Waals surface area contributed by atoms with E-state index in [-0.39, 0.29) is 5.91 Å². The van der Waals surface area contributed by atoms with E-state index in [1.165, 1.54) is 12.5 Å². The number of amides is 1. The lowest BCUT2D eigenvalue weighted by Gasteiger charge is -2.12. The highest BCUT2D eigenvalue weighted by Crippen LogP contribution is 2.13. The molecule has 0 bridgehead atoms. The molecule has 19 heavy (non-hydrogen) atoms. The van der Waals surface area contributed by atoms with Gasteiger partial charge in [-0.3, -0.25) is 4.79 Å². The Morgan fingerprint density at radius 1 is 1.26 bits per heavy atom. The predicted molar refractivity (Wildman–Crippen MR) is 77.0 cm³/mol. The van der Waals surface area contributed by atoms with Crippen molar-refractivity contribution in [2.24, 2.45) is 0 Å². The van der Waals surface area contributed by atoms with Crippen LogP contribution in [0.4, 0.5) is 0 Å². The van der Waals surface area contributed by atoms with E-state index in [1.807, 2.05) is 12.1 Å². The zero-order valence-electron chi connectivity index (χ0n) is 11.8. The molecule has 3 N–H and O–H groups in total. The van der Waals surface area contributed by atoms with Crippen LogP contribution < -0.4 is 10.6 Å². The third kappa shape index (κ3) is 6.36. The molecule has 0 aliphatic carbocycles. The molecular formula is C15H24N2O2. The van der Waals surface area contributed by atoms with Crippen LogP contribution in [0.15, 0.2) is 24.3 Å². The molecule has 1 atom stereocenters. The maximum atomic E-state index is 10.7. The van der Waals surface area contributed by atoms with Crippen LogP contribution in [0.1, 0.15) is 37.5 Å². The second-order valence-corrected chi connectivity index (χ2v) is 4.65. The highest BCUT2D eigenvalue weighted by Gasteiger charge is 2.06. The van der Waals surface area contributed by atoms with Crippen LogP contribution in [-0.2, 0) is 11.2 Å². The largest absolute Gasteiger partial charge is 0.387 e. The summed E-state index contributed by atoms with van der Waals surface area (Å²) in [5, 5.41) is 15.9. The Kier molecular flexibility index (Phi) is 7.15. The maximum absolute atomic E-state index is 10.7. The van der Waals surface area contributed by atoms with Gasteiger partial charge in [-0.25, -0.2) is 0 Å². The Balaban J connectivity index is 2.19. The first-order valence-electron chi connectivity index (χ1n) is 6.85. The monoisotopic (exact) mass is 264 g/mol. The molecule has 0 aromatic heterocycles. The summed E-state index contributed by atoms with van der Waals surface area (Å²) in [6, 6.07) is 8.05. The zero-order chi connectivity index (χ0) is 14.1. The number of hydrogen-bond acceptors (Lipinski definition) is 3. The molecule has 0 aliphatic rings. The average molecular weight is 264 g/mol. The fourth-order valence-corrected chi connectivity index (χ4v) is 1.81. The summed E-state index contributed by atoms with van der Waals surface area (Å²) in [4.78, 5) is 10.7. The van der Waals surface area contributed by atoms with Crippen LogP contribution in [0.5, 0.6) is 0 Å². The summed E-state index contributed by atoms with van der Waals surface area (Å²) in [6.45, 7) is 5.61. The summed E-state index contributed by atoms with van der Waals surface area (Å²) in [6.07, 6.45) is 1.39. The zero-order valence-corrected chi connectivity index (χ0v) is 11.8. The third-order valence-electron chi connectivity index (χ3n) is 3.01. The number of rotatable bonds is 8. The average Bonchev–Trinajstić information content (AvgIpc) is 2.42. The number of aryl methyl sites for hydroxylation is 1. The van der Waals surface area contributed by atoms with Crippen molar-refractivity contribution in [3.05, 3.63) is 35.4 Å². The number of carbonyl (C=O) groups is 1. The van der Waals surface area contributed by atoms with E-state index in [4.69, 9.17) is 0 Å². The van der Waals surface area contributed by atoms with E-state index in [9.17, 15) is 9.90 Å². The molecule has 1 aromatic rings. The molecule has 0 saturated heterocycles. The smallest absolute Gasteiger partial charge is 0.216 e. The third-order valence-corrected chi connectivity index (χ3v) is 3.01. The Labute approximate surface area is 115 Å². The Morgan fingerprint density at radius 3 is 2.53 bits per heavy atom. The molecule has 1 unspecified atom stereocenters. The molecule has 0 heterocycles. The number of carbonyl (C=O) groups excluding carboxylic acids is 1. The van der Waals surface area contributed by atoms with Gasteiger partial charge >= 0.3 is 0 Å². The quantitative estimate of drug-likeness (QED) is 0.622. The van der Waals surface area contributed by atoms with Gasteiger partial charge in [0.1, 0.15) is 0 Å². The highest BCUT2D eigenvalue weighted by molar-refractivity contribution is 5.72. The number of benzene rings is 1. The summed E-state index contributed by atoms with van der Waals surface area (Å²) >= 11 is 0. The molecule has 1 rings (SSSR count). The summed E-state index contributed by atoms with van der Waals surface area (Å²) in [7, 11) is 0. The minimum Gasteiger partial charge on any atom is -0.387 e. The normalized spacial score (nSPS) is 12.2. The van der Waals surface area contributed by atoms with Gasteiger partial charge < -0.3 is 15.7 Å². The molecule has 1 aromatic carbocycles. The van der Waals surface area contributed by atoms with E-state index < -0.39 is 6.10 Å². The van der Waals surface area contributed by atoms with Gasteiger partial charge in [0.2, 0.25) is 5.91 Å². The van der Waals surface area contributed by atoms with Crippen molar-refractivity contribution < 1.29 is 9.90 Å². The van der Waals surface area contributed by atoms with Crippen molar-refractivity contribution in [2.45, 2.75) is 32.8 Å². The van der Waals surface area contributed by atoms with Crippen molar-refractivity contribution in [3.8, 4) is 0 Å².